The van der Waals surface area contributed by atoms with Crippen LogP contribution in [0.25, 0.3) is 0 Å². The average molecular weight is 221 g/mol. The number of nitrogens with zero attached hydrogens (tertiary/aromatic N) is 3. The van der Waals surface area contributed by atoms with Crippen LogP contribution >= 0.6 is 23.2 Å². The minimum Gasteiger partial charge on any atom is -0.324 e. The van der Waals surface area contributed by atoms with Gasteiger partial charge >= 0.3 is 0 Å². The summed E-state index contributed by atoms with van der Waals surface area (Å²) in [5, 5.41) is 4.34. The number of rotatable bonds is 3. The summed E-state index contributed by atoms with van der Waals surface area (Å²) in [6, 6.07) is 0. The number of carbonyl (C=O) groups excluding carboxylic acids is 1. The van der Waals surface area contributed by atoms with Crippen molar-refractivity contribution in [1.82, 2.24) is 9.97 Å². The van der Waals surface area contributed by atoms with E-state index < -0.39 is 0 Å². The Balaban J connectivity index is 3.21. The summed E-state index contributed by atoms with van der Waals surface area (Å²) in [6.45, 7) is 0. The van der Waals surface area contributed by atoms with Crippen LogP contribution in [0.1, 0.15) is 0 Å². The molecule has 1 aromatic heterocycles. The molecule has 0 aliphatic rings. The first kappa shape index (κ1) is 9.82. The van der Waals surface area contributed by atoms with Gasteiger partial charge in [0.05, 0.1) is 0 Å². The van der Waals surface area contributed by atoms with Gasteiger partial charge in [0.1, 0.15) is 5.69 Å². The molecule has 1 N–H and O–H groups in total. The maximum Gasteiger partial charge on any atom is 0.294 e. The largest absolute Gasteiger partial charge is 0.324 e. The second-order valence-electron chi connectivity index (χ2n) is 1.83. The Kier molecular flexibility index (Phi) is 3.10. The number of aromatic nitrogens is 2. The van der Waals surface area contributed by atoms with Crippen LogP contribution in [0.15, 0.2) is 5.18 Å². The minimum absolute atomic E-state index is 0.0470. The van der Waals surface area contributed by atoms with Gasteiger partial charge in [0.25, 0.3) is 5.95 Å². The number of halogens is 2. The van der Waals surface area contributed by atoms with E-state index in [1.165, 1.54) is 0 Å². The van der Waals surface area contributed by atoms with Crippen molar-refractivity contribution in [3.63, 3.8) is 0 Å². The van der Waals surface area contributed by atoms with Crippen molar-refractivity contribution in [1.29, 1.82) is 0 Å². The van der Waals surface area contributed by atoms with Gasteiger partial charge in [0.2, 0.25) is 6.41 Å². The Hall–Kier alpha value is -1.27. The third-order valence-electron chi connectivity index (χ3n) is 1.09. The number of hydrogen-bond acceptors (Lipinski definition) is 5. The average Bonchev–Trinajstić information content (AvgIpc) is 2.11. The summed E-state index contributed by atoms with van der Waals surface area (Å²) < 4.78 is 0. The SMILES string of the molecule is O=CNc1c(Cl)nc(N=O)nc1Cl. The second kappa shape index (κ2) is 4.11. The Morgan fingerprint density at radius 2 is 1.85 bits per heavy atom. The fourth-order valence-corrected chi connectivity index (χ4v) is 1.10. The molecule has 8 heteroatoms. The molecular formula is C5H2Cl2N4O2. The normalized spacial score (nSPS) is 9.38. The number of carbonyl (C=O) groups is 1. The third-order valence-corrected chi connectivity index (χ3v) is 1.64. The van der Waals surface area contributed by atoms with Crippen molar-refractivity contribution in [3.05, 3.63) is 15.2 Å². The molecule has 0 unspecified atom stereocenters. The van der Waals surface area contributed by atoms with Crippen LogP contribution in [0.2, 0.25) is 10.3 Å². The first-order valence-corrected chi connectivity index (χ1v) is 3.71. The molecule has 0 bridgehead atoms. The lowest BCUT2D eigenvalue weighted by atomic mass is 10.5. The number of amides is 1. The first-order chi connectivity index (χ1) is 6.19. The molecule has 68 valence electrons. The molecule has 1 amide bonds. The van der Waals surface area contributed by atoms with Gasteiger partial charge in [-0.15, -0.1) is 4.91 Å². The zero-order chi connectivity index (χ0) is 9.84. The van der Waals surface area contributed by atoms with Crippen molar-refractivity contribution >= 4 is 41.2 Å². The van der Waals surface area contributed by atoms with E-state index in [0.29, 0.717) is 6.41 Å². The monoisotopic (exact) mass is 220 g/mol. The predicted octanol–water partition coefficient (Wildman–Crippen LogP) is 1.75. The highest BCUT2D eigenvalue weighted by molar-refractivity contribution is 6.38. The summed E-state index contributed by atoms with van der Waals surface area (Å²) in [4.78, 5) is 26.9. The van der Waals surface area contributed by atoms with E-state index >= 15 is 0 Å². The van der Waals surface area contributed by atoms with Gasteiger partial charge in [-0.05, 0) is 0 Å². The van der Waals surface area contributed by atoms with E-state index in [2.05, 4.69) is 20.5 Å². The van der Waals surface area contributed by atoms with Crippen LogP contribution in [0.4, 0.5) is 11.6 Å². The molecule has 0 aliphatic heterocycles. The molecule has 0 atom stereocenters. The van der Waals surface area contributed by atoms with E-state index in [9.17, 15) is 9.70 Å². The van der Waals surface area contributed by atoms with Crippen LogP contribution in [-0.4, -0.2) is 16.4 Å². The highest BCUT2D eigenvalue weighted by Crippen LogP contribution is 2.28. The topological polar surface area (TPSA) is 84.3 Å². The van der Waals surface area contributed by atoms with Crippen molar-refractivity contribution in [2.24, 2.45) is 5.18 Å². The van der Waals surface area contributed by atoms with Crippen LogP contribution in [0, 0.1) is 4.91 Å². The number of nitroso groups, excluding NO2 is 1. The Morgan fingerprint density at radius 1 is 1.31 bits per heavy atom. The molecule has 1 aromatic rings. The molecule has 0 saturated heterocycles. The lowest BCUT2D eigenvalue weighted by Crippen LogP contribution is -1.98. The van der Waals surface area contributed by atoms with Gasteiger partial charge in [-0.25, -0.2) is 0 Å². The van der Waals surface area contributed by atoms with Gasteiger partial charge in [-0.2, -0.15) is 9.97 Å². The van der Waals surface area contributed by atoms with Crippen LogP contribution in [0.5, 0.6) is 0 Å². The summed E-state index contributed by atoms with van der Waals surface area (Å²) in [6.07, 6.45) is 0.366. The smallest absolute Gasteiger partial charge is 0.294 e. The molecule has 1 rings (SSSR count). The van der Waals surface area contributed by atoms with Crippen molar-refractivity contribution in [2.45, 2.75) is 0 Å². The Morgan fingerprint density at radius 3 is 2.23 bits per heavy atom. The quantitative estimate of drug-likeness (QED) is 0.478. The lowest BCUT2D eigenvalue weighted by Gasteiger charge is -2.02. The van der Waals surface area contributed by atoms with Gasteiger partial charge in [-0.3, -0.25) is 4.79 Å². The maximum atomic E-state index is 10.1. The molecule has 0 radical (unpaired) electrons. The van der Waals surface area contributed by atoms with Crippen molar-refractivity contribution < 1.29 is 4.79 Å². The summed E-state index contributed by atoms with van der Waals surface area (Å²) in [7, 11) is 0. The highest BCUT2D eigenvalue weighted by atomic mass is 35.5. The van der Waals surface area contributed by atoms with Gasteiger partial charge < -0.3 is 5.32 Å². The third kappa shape index (κ3) is 2.10. The highest BCUT2D eigenvalue weighted by Gasteiger charge is 2.10. The number of anilines is 1. The van der Waals surface area contributed by atoms with E-state index in [1.807, 2.05) is 0 Å². The predicted molar refractivity (Wildman–Crippen MR) is 47.2 cm³/mol. The van der Waals surface area contributed by atoms with E-state index in [4.69, 9.17) is 23.2 Å². The lowest BCUT2D eigenvalue weighted by molar-refractivity contribution is -0.105. The van der Waals surface area contributed by atoms with Crippen molar-refractivity contribution in [2.75, 3.05) is 5.32 Å². The summed E-state index contributed by atoms with van der Waals surface area (Å²) in [5.74, 6) is -0.383. The first-order valence-electron chi connectivity index (χ1n) is 2.95. The van der Waals surface area contributed by atoms with E-state index in [1.54, 1.807) is 0 Å². The van der Waals surface area contributed by atoms with Crippen molar-refractivity contribution in [3.8, 4) is 0 Å². The molecule has 1 heterocycles. The summed E-state index contributed by atoms with van der Waals surface area (Å²) in [5.41, 5.74) is 0.0470. The van der Waals surface area contributed by atoms with E-state index in [0.717, 1.165) is 0 Å². The van der Waals surface area contributed by atoms with Crippen LogP contribution < -0.4 is 5.32 Å². The summed E-state index contributed by atoms with van der Waals surface area (Å²) >= 11 is 11.1. The number of hydrogen-bond donors (Lipinski definition) is 1. The molecule has 13 heavy (non-hydrogen) atoms. The Bertz CT molecular complexity index is 333. The molecule has 0 aliphatic carbocycles. The van der Waals surface area contributed by atoms with Crippen LogP contribution in [0.3, 0.4) is 0 Å². The minimum atomic E-state index is -0.383. The second-order valence-corrected chi connectivity index (χ2v) is 2.55. The molecule has 0 spiro atoms. The molecule has 0 saturated carbocycles. The number of nitrogens with one attached hydrogen (secondary N) is 1. The fraction of sp³-hybridized carbons (Fsp3) is 0. The fourth-order valence-electron chi connectivity index (χ4n) is 0.616. The standard InChI is InChI=1S/C5H2Cl2N4O2/c6-3-2(8-1-12)4(7)10-5(9-3)11-13/h1H,(H,8,12). The maximum absolute atomic E-state index is 10.1. The van der Waals surface area contributed by atoms with Gasteiger partial charge in [0, 0.05) is 5.18 Å². The molecular weight excluding hydrogens is 219 g/mol. The zero-order valence-electron chi connectivity index (χ0n) is 5.99. The molecule has 0 fully saturated rings. The Labute approximate surface area is 82.2 Å². The molecule has 6 nitrogen and oxygen atoms in total. The van der Waals surface area contributed by atoms with Gasteiger partial charge in [-0.1, -0.05) is 23.2 Å². The zero-order valence-corrected chi connectivity index (χ0v) is 7.50. The van der Waals surface area contributed by atoms with Gasteiger partial charge in [0.15, 0.2) is 10.3 Å². The van der Waals surface area contributed by atoms with E-state index in [-0.39, 0.29) is 21.9 Å². The molecule has 0 aromatic carbocycles. The van der Waals surface area contributed by atoms with Crippen LogP contribution in [-0.2, 0) is 4.79 Å².